The van der Waals surface area contributed by atoms with Crippen LogP contribution in [0.2, 0.25) is 0 Å². The lowest BCUT2D eigenvalue weighted by molar-refractivity contribution is -0.945. The number of hydrogen-bond donors (Lipinski definition) is 2. The van der Waals surface area contributed by atoms with E-state index in [2.05, 4.69) is 72.8 Å². The van der Waals surface area contributed by atoms with Gasteiger partial charge in [-0.3, -0.25) is 4.79 Å². The van der Waals surface area contributed by atoms with E-state index in [1.54, 1.807) is 0 Å². The van der Waals surface area contributed by atoms with Crippen LogP contribution in [-0.4, -0.2) is 33.1 Å². The Labute approximate surface area is 179 Å². The molecule has 4 rings (SSSR count). The summed E-state index contributed by atoms with van der Waals surface area (Å²) < 4.78 is 0. The Kier molecular flexibility index (Phi) is 6.15. The van der Waals surface area contributed by atoms with E-state index in [4.69, 9.17) is 0 Å². The highest BCUT2D eigenvalue weighted by Crippen LogP contribution is 2.18. The van der Waals surface area contributed by atoms with Gasteiger partial charge in [-0.15, -0.1) is 0 Å². The molecule has 3 aromatic carbocycles. The molecule has 0 aromatic heterocycles. The number of amides is 1. The molecule has 4 heteroatoms. The van der Waals surface area contributed by atoms with E-state index in [1.807, 2.05) is 30.3 Å². The largest absolute Gasteiger partial charge is 0.378 e. The second-order valence-corrected chi connectivity index (χ2v) is 8.22. The van der Waals surface area contributed by atoms with E-state index < -0.39 is 0 Å². The number of hydrogen-bond acceptors (Lipinski definition) is 2. The lowest BCUT2D eigenvalue weighted by Crippen LogP contribution is -3.12. The smallest absolute Gasteiger partial charge is 0.251 e. The fourth-order valence-electron chi connectivity index (χ4n) is 4.29. The number of fused-ring (bicyclic) bond motifs is 1. The summed E-state index contributed by atoms with van der Waals surface area (Å²) in [6.45, 7) is 2.67. The van der Waals surface area contributed by atoms with Gasteiger partial charge in [0.2, 0.25) is 0 Å². The highest BCUT2D eigenvalue weighted by atomic mass is 16.1. The van der Waals surface area contributed by atoms with Crippen LogP contribution in [0.3, 0.4) is 0 Å². The lowest BCUT2D eigenvalue weighted by atomic mass is 9.96. The number of carbonyl (C=O) groups excluding carboxylic acids is 1. The van der Waals surface area contributed by atoms with Crippen molar-refractivity contribution in [1.82, 2.24) is 5.32 Å². The van der Waals surface area contributed by atoms with Gasteiger partial charge in [-0.05, 0) is 29.8 Å². The topological polar surface area (TPSA) is 36.8 Å². The molecule has 2 atom stereocenters. The molecular weight excluding hydrogens is 370 g/mol. The summed E-state index contributed by atoms with van der Waals surface area (Å²) in [5, 5.41) is 3.19. The molecule has 0 saturated heterocycles. The molecule has 3 aromatic rings. The number of carbonyl (C=O) groups is 1. The van der Waals surface area contributed by atoms with Crippen LogP contribution in [0.15, 0.2) is 78.9 Å². The molecule has 1 unspecified atom stereocenters. The summed E-state index contributed by atoms with van der Waals surface area (Å²) in [6.07, 6.45) is 1.07. The molecule has 1 heterocycles. The van der Waals surface area contributed by atoms with Gasteiger partial charge in [-0.1, -0.05) is 54.6 Å². The van der Waals surface area contributed by atoms with Gasteiger partial charge < -0.3 is 15.1 Å². The predicted molar refractivity (Wildman–Crippen MR) is 122 cm³/mol. The van der Waals surface area contributed by atoms with Crippen molar-refractivity contribution < 1.29 is 9.69 Å². The first kappa shape index (κ1) is 20.2. The second-order valence-electron chi connectivity index (χ2n) is 8.22. The van der Waals surface area contributed by atoms with Crippen LogP contribution in [0.5, 0.6) is 0 Å². The van der Waals surface area contributed by atoms with E-state index in [1.165, 1.54) is 27.3 Å². The Morgan fingerprint density at radius 3 is 2.30 bits per heavy atom. The molecule has 1 aliphatic heterocycles. The zero-order chi connectivity index (χ0) is 20.9. The molecule has 4 nitrogen and oxygen atoms in total. The van der Waals surface area contributed by atoms with Gasteiger partial charge in [0.1, 0.15) is 12.6 Å². The molecule has 0 saturated carbocycles. The van der Waals surface area contributed by atoms with Crippen molar-refractivity contribution in [2.45, 2.75) is 19.0 Å². The SMILES string of the molecule is CN(C)c1ccc([C@@H](CNC(=O)c2ccccc2)[NH+]2CCc3ccccc3C2)cc1. The Morgan fingerprint density at radius 2 is 1.60 bits per heavy atom. The molecule has 1 amide bonds. The molecule has 0 fully saturated rings. The number of quaternary nitrogens is 1. The minimum atomic E-state index is -0.0117. The number of nitrogens with one attached hydrogen (secondary N) is 2. The maximum absolute atomic E-state index is 12.7. The lowest BCUT2D eigenvalue weighted by Gasteiger charge is -2.33. The third-order valence-corrected chi connectivity index (χ3v) is 6.06. The maximum atomic E-state index is 12.7. The average Bonchev–Trinajstić information content (AvgIpc) is 2.80. The first-order chi connectivity index (χ1) is 14.6. The second kappa shape index (κ2) is 9.14. The molecule has 0 aliphatic carbocycles. The van der Waals surface area contributed by atoms with Crippen molar-refractivity contribution in [2.24, 2.45) is 0 Å². The summed E-state index contributed by atoms with van der Waals surface area (Å²) >= 11 is 0. The van der Waals surface area contributed by atoms with Crippen molar-refractivity contribution in [3.63, 3.8) is 0 Å². The Morgan fingerprint density at radius 1 is 0.933 bits per heavy atom. The van der Waals surface area contributed by atoms with Gasteiger partial charge in [-0.25, -0.2) is 0 Å². The third-order valence-electron chi connectivity index (χ3n) is 6.06. The summed E-state index contributed by atoms with van der Waals surface area (Å²) in [5.41, 5.74) is 6.03. The van der Waals surface area contributed by atoms with Crippen molar-refractivity contribution in [3.05, 3.63) is 101 Å². The molecule has 2 N–H and O–H groups in total. The van der Waals surface area contributed by atoms with E-state index in [0.29, 0.717) is 12.1 Å². The Balaban J connectivity index is 1.56. The van der Waals surface area contributed by atoms with Gasteiger partial charge >= 0.3 is 0 Å². The van der Waals surface area contributed by atoms with Gasteiger partial charge in [0, 0.05) is 42.9 Å². The van der Waals surface area contributed by atoms with E-state index in [9.17, 15) is 4.79 Å². The number of benzene rings is 3. The first-order valence-corrected chi connectivity index (χ1v) is 10.6. The Bertz CT molecular complexity index is 983. The summed E-state index contributed by atoms with van der Waals surface area (Å²) in [5.74, 6) is -0.0117. The molecular formula is C26H30N3O+. The number of nitrogens with zero attached hydrogens (tertiary/aromatic N) is 1. The quantitative estimate of drug-likeness (QED) is 0.668. The highest BCUT2D eigenvalue weighted by Gasteiger charge is 2.29. The van der Waals surface area contributed by atoms with Crippen molar-refractivity contribution >= 4 is 11.6 Å². The fraction of sp³-hybridized carbons (Fsp3) is 0.269. The van der Waals surface area contributed by atoms with Gasteiger partial charge in [-0.2, -0.15) is 0 Å². The average molecular weight is 401 g/mol. The van der Waals surface area contributed by atoms with Crippen molar-refractivity contribution in [3.8, 4) is 0 Å². The van der Waals surface area contributed by atoms with Crippen LogP contribution in [0, 0.1) is 0 Å². The van der Waals surface area contributed by atoms with Crippen LogP contribution in [-0.2, 0) is 13.0 Å². The van der Waals surface area contributed by atoms with Crippen molar-refractivity contribution in [2.75, 3.05) is 32.1 Å². The highest BCUT2D eigenvalue weighted by molar-refractivity contribution is 5.94. The van der Waals surface area contributed by atoms with Gasteiger partial charge in [0.05, 0.1) is 13.1 Å². The summed E-state index contributed by atoms with van der Waals surface area (Å²) in [7, 11) is 4.11. The number of rotatable bonds is 6. The monoisotopic (exact) mass is 400 g/mol. The normalized spacial score (nSPS) is 16.4. The standard InChI is InChI=1S/C26H29N3O/c1-28(2)24-14-12-21(13-15-24)25(18-27-26(30)22-9-4-3-5-10-22)29-17-16-20-8-6-7-11-23(20)19-29/h3-15,25H,16-19H2,1-2H3,(H,27,30)/p+1/t25-/m1/s1. The van der Waals surface area contributed by atoms with Crippen LogP contribution in [0.4, 0.5) is 5.69 Å². The van der Waals surface area contributed by atoms with Gasteiger partial charge in [0.25, 0.3) is 5.91 Å². The molecule has 30 heavy (non-hydrogen) atoms. The van der Waals surface area contributed by atoms with E-state index in [-0.39, 0.29) is 11.9 Å². The molecule has 0 radical (unpaired) electrons. The molecule has 0 spiro atoms. The third kappa shape index (κ3) is 4.55. The Hall–Kier alpha value is -3.11. The van der Waals surface area contributed by atoms with E-state index in [0.717, 1.165) is 19.5 Å². The fourth-order valence-corrected chi connectivity index (χ4v) is 4.29. The summed E-state index contributed by atoms with van der Waals surface area (Å²) in [4.78, 5) is 16.3. The van der Waals surface area contributed by atoms with Crippen LogP contribution < -0.4 is 15.1 Å². The molecule has 154 valence electrons. The minimum Gasteiger partial charge on any atom is -0.378 e. The molecule has 0 bridgehead atoms. The predicted octanol–water partition coefficient (Wildman–Crippen LogP) is 2.86. The zero-order valence-corrected chi connectivity index (χ0v) is 17.8. The van der Waals surface area contributed by atoms with E-state index >= 15 is 0 Å². The first-order valence-electron chi connectivity index (χ1n) is 10.6. The van der Waals surface area contributed by atoms with Gasteiger partial charge in [0.15, 0.2) is 0 Å². The number of anilines is 1. The minimum absolute atomic E-state index is 0.0117. The molecule has 1 aliphatic rings. The maximum Gasteiger partial charge on any atom is 0.251 e. The van der Waals surface area contributed by atoms with Crippen LogP contribution in [0.25, 0.3) is 0 Å². The van der Waals surface area contributed by atoms with Crippen LogP contribution in [0.1, 0.15) is 33.1 Å². The zero-order valence-electron chi connectivity index (χ0n) is 17.8. The van der Waals surface area contributed by atoms with Crippen molar-refractivity contribution in [1.29, 1.82) is 0 Å². The van der Waals surface area contributed by atoms with Crippen LogP contribution >= 0.6 is 0 Å². The summed E-state index contributed by atoms with van der Waals surface area (Å²) in [6, 6.07) is 27.2.